The fourth-order valence-corrected chi connectivity index (χ4v) is 1.76. The van der Waals surface area contributed by atoms with Crippen LogP contribution >= 0.6 is 0 Å². The maximum absolute atomic E-state index is 11.8. The van der Waals surface area contributed by atoms with Crippen molar-refractivity contribution in [3.63, 3.8) is 0 Å². The van der Waals surface area contributed by atoms with Gasteiger partial charge in [0.15, 0.2) is 0 Å². The lowest BCUT2D eigenvalue weighted by molar-refractivity contribution is -0.147. The normalized spacial score (nSPS) is 21.2. The molecule has 5 heteroatoms. The third-order valence-electron chi connectivity index (χ3n) is 2.63. The van der Waals surface area contributed by atoms with Crippen LogP contribution in [-0.4, -0.2) is 46.6 Å². The van der Waals surface area contributed by atoms with Crippen molar-refractivity contribution < 1.29 is 14.7 Å². The van der Waals surface area contributed by atoms with Gasteiger partial charge in [0.05, 0.1) is 6.54 Å². The van der Waals surface area contributed by atoms with Gasteiger partial charge in [-0.25, -0.2) is 4.79 Å². The highest BCUT2D eigenvalue weighted by molar-refractivity contribution is 5.85. The van der Waals surface area contributed by atoms with Crippen LogP contribution < -0.4 is 5.32 Å². The molecule has 1 amide bonds. The molecule has 0 saturated carbocycles. The van der Waals surface area contributed by atoms with Crippen LogP contribution in [0.15, 0.2) is 0 Å². The lowest BCUT2D eigenvalue weighted by Crippen LogP contribution is -2.48. The van der Waals surface area contributed by atoms with Gasteiger partial charge in [-0.3, -0.25) is 4.79 Å². The fourth-order valence-electron chi connectivity index (χ4n) is 1.76. The Morgan fingerprint density at radius 3 is 2.56 bits per heavy atom. The summed E-state index contributed by atoms with van der Waals surface area (Å²) in [5, 5.41) is 12.0. The second-order valence-electron chi connectivity index (χ2n) is 5.19. The summed E-state index contributed by atoms with van der Waals surface area (Å²) in [5.74, 6) is -1.03. The van der Waals surface area contributed by atoms with Gasteiger partial charge in [-0.05, 0) is 33.6 Å². The molecule has 1 aliphatic heterocycles. The first-order valence-corrected chi connectivity index (χ1v) is 5.58. The summed E-state index contributed by atoms with van der Waals surface area (Å²) < 4.78 is 0. The van der Waals surface area contributed by atoms with Crippen LogP contribution in [0.5, 0.6) is 0 Å². The number of nitrogens with zero attached hydrogens (tertiary/aromatic N) is 1. The molecule has 5 nitrogen and oxygen atoms in total. The lowest BCUT2D eigenvalue weighted by Gasteiger charge is -2.25. The molecule has 0 spiro atoms. The predicted molar refractivity (Wildman–Crippen MR) is 60.1 cm³/mol. The Balaban J connectivity index is 2.50. The number of carboxylic acids is 1. The van der Waals surface area contributed by atoms with Gasteiger partial charge in [0.2, 0.25) is 5.91 Å². The van der Waals surface area contributed by atoms with Crippen molar-refractivity contribution in [2.75, 3.05) is 13.1 Å². The molecule has 1 rings (SSSR count). The van der Waals surface area contributed by atoms with Crippen LogP contribution in [0.1, 0.15) is 33.6 Å². The highest BCUT2D eigenvalue weighted by atomic mass is 16.4. The fraction of sp³-hybridized carbons (Fsp3) is 0.818. The number of aliphatic carboxylic acids is 1. The number of hydrogen-bond donors (Lipinski definition) is 2. The summed E-state index contributed by atoms with van der Waals surface area (Å²) in [4.78, 5) is 24.2. The minimum Gasteiger partial charge on any atom is -0.480 e. The quantitative estimate of drug-likeness (QED) is 0.736. The van der Waals surface area contributed by atoms with E-state index in [9.17, 15) is 9.59 Å². The van der Waals surface area contributed by atoms with Crippen molar-refractivity contribution in [2.45, 2.75) is 45.2 Å². The molecule has 1 heterocycles. The lowest BCUT2D eigenvalue weighted by atomic mass is 10.1. The van der Waals surface area contributed by atoms with E-state index in [1.807, 2.05) is 20.8 Å². The largest absolute Gasteiger partial charge is 0.480 e. The summed E-state index contributed by atoms with van der Waals surface area (Å²) in [6, 6.07) is -0.630. The molecule has 16 heavy (non-hydrogen) atoms. The molecular formula is C11H20N2O3. The third-order valence-corrected chi connectivity index (χ3v) is 2.63. The zero-order valence-electron chi connectivity index (χ0n) is 10.1. The van der Waals surface area contributed by atoms with Crippen LogP contribution in [0.3, 0.4) is 0 Å². The van der Waals surface area contributed by atoms with Crippen LogP contribution in [-0.2, 0) is 9.59 Å². The predicted octanol–water partition coefficient (Wildman–Crippen LogP) is 0.450. The number of carbonyl (C=O) groups excluding carboxylic acids is 1. The first-order chi connectivity index (χ1) is 7.31. The number of nitrogens with one attached hydrogen (secondary N) is 1. The van der Waals surface area contributed by atoms with E-state index >= 15 is 0 Å². The van der Waals surface area contributed by atoms with Gasteiger partial charge in [-0.15, -0.1) is 0 Å². The van der Waals surface area contributed by atoms with E-state index in [2.05, 4.69) is 5.32 Å². The highest BCUT2D eigenvalue weighted by Gasteiger charge is 2.33. The average Bonchev–Trinajstić information content (AvgIpc) is 2.61. The van der Waals surface area contributed by atoms with Gasteiger partial charge < -0.3 is 15.3 Å². The van der Waals surface area contributed by atoms with Gasteiger partial charge >= 0.3 is 5.97 Å². The number of rotatable bonds is 3. The number of carboxylic acid groups (broad SMARTS) is 1. The van der Waals surface area contributed by atoms with Crippen molar-refractivity contribution in [3.05, 3.63) is 0 Å². The van der Waals surface area contributed by atoms with Crippen molar-refractivity contribution >= 4 is 11.9 Å². The zero-order chi connectivity index (χ0) is 12.3. The van der Waals surface area contributed by atoms with Gasteiger partial charge in [0.1, 0.15) is 6.04 Å². The number of amides is 1. The molecule has 2 N–H and O–H groups in total. The highest BCUT2D eigenvalue weighted by Crippen LogP contribution is 2.17. The van der Waals surface area contributed by atoms with E-state index in [4.69, 9.17) is 5.11 Å². The monoisotopic (exact) mass is 228 g/mol. The SMILES string of the molecule is CC(C)(C)NCC(=O)N1CCC[C@H]1C(=O)O. The summed E-state index contributed by atoms with van der Waals surface area (Å²) in [6.07, 6.45) is 1.34. The Morgan fingerprint density at radius 1 is 1.44 bits per heavy atom. The Morgan fingerprint density at radius 2 is 2.06 bits per heavy atom. The molecule has 1 aliphatic rings. The minimum atomic E-state index is -0.901. The van der Waals surface area contributed by atoms with Crippen LogP contribution in [0.25, 0.3) is 0 Å². The van der Waals surface area contributed by atoms with Crippen molar-refractivity contribution in [2.24, 2.45) is 0 Å². The Bertz CT molecular complexity index is 283. The first kappa shape index (κ1) is 13.0. The molecule has 92 valence electrons. The second-order valence-corrected chi connectivity index (χ2v) is 5.19. The molecule has 0 aromatic carbocycles. The van der Waals surface area contributed by atoms with E-state index in [0.717, 1.165) is 6.42 Å². The Labute approximate surface area is 95.8 Å². The molecule has 0 bridgehead atoms. The maximum atomic E-state index is 11.8. The molecule has 1 atom stereocenters. The van der Waals surface area contributed by atoms with E-state index in [-0.39, 0.29) is 18.0 Å². The molecule has 0 radical (unpaired) electrons. The summed E-state index contributed by atoms with van der Waals surface area (Å²) in [5.41, 5.74) is -0.131. The first-order valence-electron chi connectivity index (χ1n) is 5.58. The van der Waals surface area contributed by atoms with Gasteiger partial charge in [0, 0.05) is 12.1 Å². The number of hydrogen-bond acceptors (Lipinski definition) is 3. The zero-order valence-corrected chi connectivity index (χ0v) is 10.1. The summed E-state index contributed by atoms with van der Waals surface area (Å²) in [6.45, 7) is 6.67. The number of carbonyl (C=O) groups is 2. The van der Waals surface area contributed by atoms with E-state index in [0.29, 0.717) is 13.0 Å². The molecule has 0 aromatic heterocycles. The molecule has 0 aliphatic carbocycles. The van der Waals surface area contributed by atoms with E-state index in [1.54, 1.807) is 0 Å². The van der Waals surface area contributed by atoms with Crippen LogP contribution in [0, 0.1) is 0 Å². The standard InChI is InChI=1S/C11H20N2O3/c1-11(2,3)12-7-9(14)13-6-4-5-8(13)10(15)16/h8,12H,4-7H2,1-3H3,(H,15,16)/t8-/m0/s1. The molecule has 1 fully saturated rings. The van der Waals surface area contributed by atoms with Gasteiger partial charge in [0.25, 0.3) is 0 Å². The molecule has 0 unspecified atom stereocenters. The summed E-state index contributed by atoms with van der Waals surface area (Å²) in [7, 11) is 0. The Kier molecular flexibility index (Phi) is 3.91. The Hall–Kier alpha value is -1.10. The smallest absolute Gasteiger partial charge is 0.326 e. The van der Waals surface area contributed by atoms with Crippen LogP contribution in [0.4, 0.5) is 0 Å². The van der Waals surface area contributed by atoms with Crippen LogP contribution in [0.2, 0.25) is 0 Å². The van der Waals surface area contributed by atoms with Crippen molar-refractivity contribution in [1.29, 1.82) is 0 Å². The summed E-state index contributed by atoms with van der Waals surface area (Å²) >= 11 is 0. The van der Waals surface area contributed by atoms with Gasteiger partial charge in [-0.1, -0.05) is 0 Å². The van der Waals surface area contributed by atoms with E-state index in [1.165, 1.54) is 4.90 Å². The van der Waals surface area contributed by atoms with E-state index < -0.39 is 12.0 Å². The molecular weight excluding hydrogens is 208 g/mol. The topological polar surface area (TPSA) is 69.6 Å². The van der Waals surface area contributed by atoms with Crippen molar-refractivity contribution in [3.8, 4) is 0 Å². The average molecular weight is 228 g/mol. The second kappa shape index (κ2) is 4.82. The third kappa shape index (κ3) is 3.48. The number of likely N-dealkylation sites (tertiary alicyclic amines) is 1. The molecule has 0 aromatic rings. The van der Waals surface area contributed by atoms with Gasteiger partial charge in [-0.2, -0.15) is 0 Å². The molecule has 1 saturated heterocycles. The van der Waals surface area contributed by atoms with Crippen molar-refractivity contribution in [1.82, 2.24) is 10.2 Å². The maximum Gasteiger partial charge on any atom is 0.326 e. The minimum absolute atomic E-state index is 0.125.